The minimum absolute atomic E-state index is 0.0566. The van der Waals surface area contributed by atoms with E-state index >= 15 is 0 Å². The van der Waals surface area contributed by atoms with E-state index in [1.54, 1.807) is 25.2 Å². The maximum atomic E-state index is 12.3. The number of nitrogens with zero attached hydrogens (tertiary/aromatic N) is 2. The minimum Gasteiger partial charge on any atom is -0.454 e. The van der Waals surface area contributed by atoms with Crippen LogP contribution in [0.15, 0.2) is 18.2 Å². The lowest BCUT2D eigenvalue weighted by Gasteiger charge is -2.21. The molecule has 2 rings (SSSR count). The topological polar surface area (TPSA) is 138 Å². The summed E-state index contributed by atoms with van der Waals surface area (Å²) in [5, 5.41) is 13.7. The van der Waals surface area contributed by atoms with Crippen molar-refractivity contribution in [3.63, 3.8) is 0 Å². The molecule has 0 fully saturated rings. The molecule has 11 heteroatoms. The first kappa shape index (κ1) is 19.3. The fourth-order valence-corrected chi connectivity index (χ4v) is 3.07. The Bertz CT molecular complexity index is 848. The van der Waals surface area contributed by atoms with Crippen LogP contribution in [0.5, 0.6) is 11.5 Å². The summed E-state index contributed by atoms with van der Waals surface area (Å²) >= 11 is 0. The molecule has 1 aliphatic heterocycles. The van der Waals surface area contributed by atoms with Crippen molar-refractivity contribution < 1.29 is 27.5 Å². The van der Waals surface area contributed by atoms with Gasteiger partial charge in [0.15, 0.2) is 17.7 Å². The summed E-state index contributed by atoms with van der Waals surface area (Å²) < 4.78 is 33.5. The third-order valence-corrected chi connectivity index (χ3v) is 4.35. The third-order valence-electron chi connectivity index (χ3n) is 3.41. The second kappa shape index (κ2) is 7.92. The molecule has 0 bridgehead atoms. The predicted octanol–water partition coefficient (Wildman–Crippen LogP) is 0.280. The van der Waals surface area contributed by atoms with Crippen LogP contribution in [0, 0.1) is 11.5 Å². The van der Waals surface area contributed by atoms with Crippen LogP contribution in [0.4, 0.5) is 10.5 Å². The van der Waals surface area contributed by atoms with Crippen LogP contribution >= 0.6 is 0 Å². The molecule has 0 saturated heterocycles. The number of carbonyl (C=O) groups excluding carboxylic acids is 2. The van der Waals surface area contributed by atoms with Gasteiger partial charge in [-0.25, -0.2) is 18.1 Å². The van der Waals surface area contributed by atoms with Crippen LogP contribution in [0.2, 0.25) is 0 Å². The first-order valence-corrected chi connectivity index (χ1v) is 9.65. The second-order valence-electron chi connectivity index (χ2n) is 5.49. The number of nitriles is 1. The molecule has 0 aromatic heterocycles. The van der Waals surface area contributed by atoms with E-state index in [0.717, 1.165) is 11.2 Å². The molecular formula is C15H18N4O6S. The molecule has 3 amide bonds. The second-order valence-corrected chi connectivity index (χ2v) is 7.68. The summed E-state index contributed by atoms with van der Waals surface area (Å²) in [5.41, 5.74) is 0.366. The number of sulfone groups is 1. The van der Waals surface area contributed by atoms with E-state index in [-0.39, 0.29) is 13.3 Å². The van der Waals surface area contributed by atoms with E-state index in [2.05, 4.69) is 10.6 Å². The summed E-state index contributed by atoms with van der Waals surface area (Å²) in [7, 11) is -3.58. The highest BCUT2D eigenvalue weighted by atomic mass is 32.2. The number of hydrogen-bond acceptors (Lipinski definition) is 7. The zero-order valence-electron chi connectivity index (χ0n) is 14.2. The van der Waals surface area contributed by atoms with Gasteiger partial charge in [-0.3, -0.25) is 4.79 Å². The van der Waals surface area contributed by atoms with Gasteiger partial charge in [-0.15, -0.1) is 0 Å². The van der Waals surface area contributed by atoms with E-state index < -0.39 is 33.6 Å². The van der Waals surface area contributed by atoms with Crippen LogP contribution in [0.3, 0.4) is 0 Å². The molecular weight excluding hydrogens is 364 g/mol. The molecule has 1 aromatic rings. The zero-order chi connectivity index (χ0) is 19.3. The molecule has 1 aliphatic rings. The first-order chi connectivity index (χ1) is 12.2. The number of hydrogen-bond donors (Lipinski definition) is 2. The lowest BCUT2D eigenvalue weighted by molar-refractivity contribution is -0.129. The molecule has 26 heavy (non-hydrogen) atoms. The van der Waals surface area contributed by atoms with Crippen LogP contribution < -0.4 is 20.1 Å². The molecule has 140 valence electrons. The number of rotatable bonds is 6. The number of amides is 3. The number of anilines is 1. The number of benzene rings is 1. The minimum atomic E-state index is -3.58. The zero-order valence-corrected chi connectivity index (χ0v) is 15.0. The number of carbonyl (C=O) groups is 2. The normalized spacial score (nSPS) is 13.4. The first-order valence-electron chi connectivity index (χ1n) is 7.59. The van der Waals surface area contributed by atoms with Crippen molar-refractivity contribution in [2.24, 2.45) is 0 Å². The monoisotopic (exact) mass is 382 g/mol. The highest BCUT2D eigenvalue weighted by Gasteiger charge is 2.29. The van der Waals surface area contributed by atoms with Gasteiger partial charge in [-0.2, -0.15) is 5.26 Å². The molecule has 1 heterocycles. The van der Waals surface area contributed by atoms with Gasteiger partial charge in [0.2, 0.25) is 6.79 Å². The van der Waals surface area contributed by atoms with E-state index in [4.69, 9.17) is 14.7 Å². The number of nitrogens with one attached hydrogen (secondary N) is 2. The number of likely N-dealkylation sites (N-methyl/N-ethyl adjacent to an activating group) is 1. The maximum Gasteiger partial charge on any atom is 0.319 e. The Hall–Kier alpha value is -3.00. The van der Waals surface area contributed by atoms with Gasteiger partial charge in [0.1, 0.15) is 15.9 Å². The summed E-state index contributed by atoms with van der Waals surface area (Å²) in [5.74, 6) is -0.443. The Morgan fingerprint density at radius 3 is 2.65 bits per heavy atom. The predicted molar refractivity (Wildman–Crippen MR) is 91.2 cm³/mol. The average molecular weight is 382 g/mol. The number of ether oxygens (including phenoxy) is 2. The highest BCUT2D eigenvalue weighted by molar-refractivity contribution is 7.90. The van der Waals surface area contributed by atoms with Gasteiger partial charge < -0.3 is 20.1 Å². The van der Waals surface area contributed by atoms with Crippen LogP contribution in [-0.4, -0.2) is 56.6 Å². The Morgan fingerprint density at radius 1 is 1.35 bits per heavy atom. The molecule has 1 unspecified atom stereocenters. The summed E-state index contributed by atoms with van der Waals surface area (Å²) in [6.45, 7) is 1.70. The molecule has 10 nitrogen and oxygen atoms in total. The molecule has 0 saturated carbocycles. The van der Waals surface area contributed by atoms with Crippen LogP contribution in [0.25, 0.3) is 0 Å². The molecule has 0 radical (unpaired) electrons. The van der Waals surface area contributed by atoms with Crippen molar-refractivity contribution in [1.82, 2.24) is 10.2 Å². The van der Waals surface area contributed by atoms with Crippen LogP contribution in [-0.2, 0) is 14.6 Å². The van der Waals surface area contributed by atoms with Gasteiger partial charge in [-0.1, -0.05) is 0 Å². The SMILES string of the molecule is CCN(C#N)C(=O)C(CS(C)(=O)=O)NC(=O)Nc1ccc2c(c1)OCO2. The Morgan fingerprint density at radius 2 is 2.04 bits per heavy atom. The summed E-state index contributed by atoms with van der Waals surface area (Å²) in [6.07, 6.45) is 2.59. The largest absolute Gasteiger partial charge is 0.454 e. The third kappa shape index (κ3) is 5.00. The van der Waals surface area contributed by atoms with E-state index in [1.165, 1.54) is 6.07 Å². The lowest BCUT2D eigenvalue weighted by atomic mass is 10.2. The van der Waals surface area contributed by atoms with Gasteiger partial charge in [0, 0.05) is 24.6 Å². The number of urea groups is 1. The van der Waals surface area contributed by atoms with Crippen molar-refractivity contribution in [2.45, 2.75) is 13.0 Å². The molecule has 0 aliphatic carbocycles. The molecule has 1 aromatic carbocycles. The Labute approximate surface area is 150 Å². The molecule has 1 atom stereocenters. The smallest absolute Gasteiger partial charge is 0.319 e. The van der Waals surface area contributed by atoms with E-state index in [9.17, 15) is 18.0 Å². The van der Waals surface area contributed by atoms with Crippen molar-refractivity contribution >= 4 is 27.5 Å². The van der Waals surface area contributed by atoms with Gasteiger partial charge >= 0.3 is 6.03 Å². The van der Waals surface area contributed by atoms with E-state index in [1.807, 2.05) is 0 Å². The summed E-state index contributed by atoms with van der Waals surface area (Å²) in [6, 6.07) is 2.52. The van der Waals surface area contributed by atoms with Gasteiger partial charge in [0.05, 0.1) is 5.75 Å². The fraction of sp³-hybridized carbons (Fsp3) is 0.400. The lowest BCUT2D eigenvalue weighted by Crippen LogP contribution is -2.51. The Balaban J connectivity index is 2.10. The quantitative estimate of drug-likeness (QED) is 0.532. The molecule has 0 spiro atoms. The average Bonchev–Trinajstić information content (AvgIpc) is 3.01. The van der Waals surface area contributed by atoms with Crippen molar-refractivity contribution in [1.29, 1.82) is 5.26 Å². The maximum absolute atomic E-state index is 12.3. The van der Waals surface area contributed by atoms with E-state index in [0.29, 0.717) is 17.2 Å². The Kier molecular flexibility index (Phi) is 5.89. The van der Waals surface area contributed by atoms with Crippen molar-refractivity contribution in [3.05, 3.63) is 18.2 Å². The van der Waals surface area contributed by atoms with Crippen LogP contribution in [0.1, 0.15) is 6.92 Å². The van der Waals surface area contributed by atoms with Gasteiger partial charge in [0.25, 0.3) is 5.91 Å². The standard InChI is InChI=1S/C15H18N4O6S/c1-3-19(8-16)14(20)11(7-26(2,22)23)18-15(21)17-10-4-5-12-13(6-10)25-9-24-12/h4-6,11H,3,7,9H2,1-2H3,(H2,17,18,21). The number of fused-ring (bicyclic) bond motifs is 1. The molecule has 2 N–H and O–H groups in total. The summed E-state index contributed by atoms with van der Waals surface area (Å²) in [4.78, 5) is 25.2. The van der Waals surface area contributed by atoms with Gasteiger partial charge in [-0.05, 0) is 19.1 Å². The van der Waals surface area contributed by atoms with Crippen molar-refractivity contribution in [3.8, 4) is 17.7 Å². The fourth-order valence-electron chi connectivity index (χ4n) is 2.24. The highest BCUT2D eigenvalue weighted by Crippen LogP contribution is 2.34. The van der Waals surface area contributed by atoms with Crippen molar-refractivity contribution in [2.75, 3.05) is 30.7 Å².